The highest BCUT2D eigenvalue weighted by Gasteiger charge is 2.11. The number of aromatic nitrogens is 3. The molecule has 3 aromatic rings. The summed E-state index contributed by atoms with van der Waals surface area (Å²) in [5.74, 6) is 0.161. The second-order valence-electron chi connectivity index (χ2n) is 4.17. The molecule has 0 atom stereocenters. The molecule has 2 heterocycles. The molecular weight excluding hydrogens is 290 g/mol. The Labute approximate surface area is 123 Å². The molecular formula is C13H11N5O2S. The van der Waals surface area contributed by atoms with Crippen LogP contribution in [0.25, 0.3) is 10.9 Å². The third-order valence-corrected chi connectivity index (χ3v) is 3.77. The van der Waals surface area contributed by atoms with E-state index < -0.39 is 0 Å². The van der Waals surface area contributed by atoms with Crippen molar-refractivity contribution in [2.24, 2.45) is 0 Å². The minimum absolute atomic E-state index is 0.0557. The van der Waals surface area contributed by atoms with Gasteiger partial charge in [0, 0.05) is 16.5 Å². The normalized spacial score (nSPS) is 10.7. The summed E-state index contributed by atoms with van der Waals surface area (Å²) < 4.78 is 4.41. The number of carbonyl (C=O) groups excluding carboxylic acids is 1. The fraction of sp³-hybridized carbons (Fsp3) is 0.0769. The minimum atomic E-state index is -0.240. The van der Waals surface area contributed by atoms with Gasteiger partial charge in [0.1, 0.15) is 0 Å². The third-order valence-electron chi connectivity index (χ3n) is 2.73. The number of anilines is 2. The summed E-state index contributed by atoms with van der Waals surface area (Å²) in [6.45, 7) is 0. The van der Waals surface area contributed by atoms with Crippen LogP contribution in [0.15, 0.2) is 46.1 Å². The Morgan fingerprint density at radius 1 is 1.29 bits per heavy atom. The largest absolute Gasteiger partial charge is 0.378 e. The summed E-state index contributed by atoms with van der Waals surface area (Å²) in [4.78, 5) is 17.1. The highest BCUT2D eigenvalue weighted by molar-refractivity contribution is 8.00. The fourth-order valence-electron chi connectivity index (χ4n) is 1.79. The zero-order valence-electron chi connectivity index (χ0n) is 10.8. The molecule has 1 amide bonds. The first-order valence-electron chi connectivity index (χ1n) is 6.08. The van der Waals surface area contributed by atoms with Crippen LogP contribution in [-0.4, -0.2) is 27.0 Å². The quantitative estimate of drug-likeness (QED) is 0.709. The maximum atomic E-state index is 11.9. The Kier molecular flexibility index (Phi) is 3.69. The fourth-order valence-corrected chi connectivity index (χ4v) is 2.63. The first-order chi connectivity index (χ1) is 10.2. The van der Waals surface area contributed by atoms with E-state index >= 15 is 0 Å². The number of thioether (sulfide) groups is 1. The van der Waals surface area contributed by atoms with E-state index in [1.807, 2.05) is 30.3 Å². The molecule has 7 nitrogen and oxygen atoms in total. The molecule has 0 aliphatic heterocycles. The first-order valence-corrected chi connectivity index (χ1v) is 7.07. The Morgan fingerprint density at radius 3 is 2.95 bits per heavy atom. The summed E-state index contributed by atoms with van der Waals surface area (Å²) in [5.41, 5.74) is 6.35. The molecule has 0 saturated carbocycles. The van der Waals surface area contributed by atoms with Crippen LogP contribution in [0.2, 0.25) is 0 Å². The number of pyridine rings is 1. The van der Waals surface area contributed by atoms with E-state index in [0.717, 1.165) is 15.8 Å². The number of benzene rings is 1. The average Bonchev–Trinajstić information content (AvgIpc) is 2.90. The Balaban J connectivity index is 1.69. The van der Waals surface area contributed by atoms with Gasteiger partial charge in [-0.05, 0) is 22.4 Å². The standard InChI is InChI=1S/C13H11N5O2S/c14-12-13(18-20-17-12)16-10(19)7-21-9-5-1-3-8-4-2-6-15-11(8)9/h1-6H,7H2,(H2,14,17)(H,16,18,19). The molecule has 106 valence electrons. The minimum Gasteiger partial charge on any atom is -0.378 e. The van der Waals surface area contributed by atoms with Crippen molar-refractivity contribution in [1.29, 1.82) is 0 Å². The van der Waals surface area contributed by atoms with Gasteiger partial charge in [0.05, 0.1) is 11.3 Å². The molecule has 0 bridgehead atoms. The van der Waals surface area contributed by atoms with Crippen molar-refractivity contribution in [3.8, 4) is 0 Å². The van der Waals surface area contributed by atoms with Gasteiger partial charge >= 0.3 is 0 Å². The van der Waals surface area contributed by atoms with Crippen LogP contribution < -0.4 is 11.1 Å². The number of hydrogen-bond acceptors (Lipinski definition) is 7. The van der Waals surface area contributed by atoms with Crippen molar-refractivity contribution >= 4 is 40.2 Å². The average molecular weight is 301 g/mol. The van der Waals surface area contributed by atoms with Crippen LogP contribution in [0.3, 0.4) is 0 Å². The van der Waals surface area contributed by atoms with Gasteiger partial charge in [-0.2, -0.15) is 0 Å². The number of nitrogens with zero attached hydrogens (tertiary/aromatic N) is 3. The lowest BCUT2D eigenvalue weighted by Gasteiger charge is -2.05. The highest BCUT2D eigenvalue weighted by atomic mass is 32.2. The number of amides is 1. The number of hydrogen-bond donors (Lipinski definition) is 2. The van der Waals surface area contributed by atoms with E-state index in [2.05, 4.69) is 25.2 Å². The van der Waals surface area contributed by atoms with Gasteiger partial charge in [0.25, 0.3) is 0 Å². The SMILES string of the molecule is Nc1nonc1NC(=O)CSc1cccc2cccnc12. The van der Waals surface area contributed by atoms with Crippen LogP contribution in [0.4, 0.5) is 11.6 Å². The van der Waals surface area contributed by atoms with Gasteiger partial charge in [-0.25, -0.2) is 4.63 Å². The first kappa shape index (κ1) is 13.4. The van der Waals surface area contributed by atoms with Crippen molar-refractivity contribution in [2.45, 2.75) is 4.90 Å². The van der Waals surface area contributed by atoms with E-state index in [9.17, 15) is 4.79 Å². The molecule has 2 aromatic heterocycles. The second kappa shape index (κ2) is 5.80. The second-order valence-corrected chi connectivity index (χ2v) is 5.18. The summed E-state index contributed by atoms with van der Waals surface area (Å²) in [6, 6.07) is 9.70. The topological polar surface area (TPSA) is 107 Å². The number of rotatable bonds is 4. The van der Waals surface area contributed by atoms with E-state index in [4.69, 9.17) is 5.73 Å². The van der Waals surface area contributed by atoms with Crippen molar-refractivity contribution in [3.63, 3.8) is 0 Å². The zero-order chi connectivity index (χ0) is 14.7. The Morgan fingerprint density at radius 2 is 2.14 bits per heavy atom. The van der Waals surface area contributed by atoms with Crippen LogP contribution >= 0.6 is 11.8 Å². The molecule has 0 unspecified atom stereocenters. The number of nitrogens with one attached hydrogen (secondary N) is 1. The van der Waals surface area contributed by atoms with Gasteiger partial charge in [-0.1, -0.05) is 18.2 Å². The molecule has 21 heavy (non-hydrogen) atoms. The van der Waals surface area contributed by atoms with Crippen LogP contribution in [0, 0.1) is 0 Å². The van der Waals surface area contributed by atoms with E-state index in [1.165, 1.54) is 11.8 Å². The molecule has 1 aromatic carbocycles. The van der Waals surface area contributed by atoms with Gasteiger partial charge in [0.2, 0.25) is 17.5 Å². The lowest BCUT2D eigenvalue weighted by atomic mass is 10.2. The summed E-state index contributed by atoms with van der Waals surface area (Å²) in [7, 11) is 0. The predicted octanol–water partition coefficient (Wildman–Crippen LogP) is 1.93. The smallest absolute Gasteiger partial charge is 0.236 e. The molecule has 8 heteroatoms. The molecule has 0 aliphatic rings. The lowest BCUT2D eigenvalue weighted by molar-refractivity contribution is -0.113. The molecule has 0 saturated heterocycles. The van der Waals surface area contributed by atoms with Gasteiger partial charge in [-0.15, -0.1) is 11.8 Å². The van der Waals surface area contributed by atoms with Gasteiger partial charge in [-0.3, -0.25) is 9.78 Å². The van der Waals surface area contributed by atoms with E-state index in [1.54, 1.807) is 6.20 Å². The number of fused-ring (bicyclic) bond motifs is 1. The van der Waals surface area contributed by atoms with E-state index in [0.29, 0.717) is 0 Å². The monoisotopic (exact) mass is 301 g/mol. The lowest BCUT2D eigenvalue weighted by Crippen LogP contribution is -2.15. The van der Waals surface area contributed by atoms with Crippen molar-refractivity contribution in [2.75, 3.05) is 16.8 Å². The van der Waals surface area contributed by atoms with Crippen LogP contribution in [0.5, 0.6) is 0 Å². The molecule has 0 fully saturated rings. The number of nitrogen functional groups attached to an aromatic ring is 1. The maximum Gasteiger partial charge on any atom is 0.236 e. The zero-order valence-corrected chi connectivity index (χ0v) is 11.6. The Bertz CT molecular complexity index is 784. The van der Waals surface area contributed by atoms with Crippen molar-refractivity contribution in [3.05, 3.63) is 36.5 Å². The highest BCUT2D eigenvalue weighted by Crippen LogP contribution is 2.26. The number of nitrogens with two attached hydrogens (primary N) is 1. The molecule has 3 rings (SSSR count). The van der Waals surface area contributed by atoms with Crippen molar-refractivity contribution < 1.29 is 9.42 Å². The molecule has 3 N–H and O–H groups in total. The van der Waals surface area contributed by atoms with Gasteiger partial charge in [0.15, 0.2) is 0 Å². The summed E-state index contributed by atoms with van der Waals surface area (Å²) in [5, 5.41) is 10.5. The van der Waals surface area contributed by atoms with Gasteiger partial charge < -0.3 is 11.1 Å². The Hall–Kier alpha value is -2.61. The summed E-state index contributed by atoms with van der Waals surface area (Å²) >= 11 is 1.39. The molecule has 0 radical (unpaired) electrons. The molecule has 0 spiro atoms. The van der Waals surface area contributed by atoms with E-state index in [-0.39, 0.29) is 23.3 Å². The molecule has 0 aliphatic carbocycles. The van der Waals surface area contributed by atoms with Crippen molar-refractivity contribution in [1.82, 2.24) is 15.3 Å². The third kappa shape index (κ3) is 2.95. The number of carbonyl (C=O) groups is 1. The summed E-state index contributed by atoms with van der Waals surface area (Å²) in [6.07, 6.45) is 1.73. The van der Waals surface area contributed by atoms with Crippen LogP contribution in [-0.2, 0) is 4.79 Å². The maximum absolute atomic E-state index is 11.9. The van der Waals surface area contributed by atoms with Crippen LogP contribution in [0.1, 0.15) is 0 Å². The predicted molar refractivity (Wildman–Crippen MR) is 79.8 cm³/mol. The number of para-hydroxylation sites is 1.